The standard InChI is InChI=1S/C17H18N2O5/c1-4-23-17(21)14-9(2)24-16(19)11(8-18)15(14)10-5-6-12(20)13(7-10)22-3/h5-7,15,20H,4,19H2,1-3H3/t15-/m0/s1. The number of allylic oxidation sites excluding steroid dienone is 2. The highest BCUT2D eigenvalue weighted by molar-refractivity contribution is 5.92. The van der Waals surface area contributed by atoms with Crippen LogP contribution in [0.15, 0.2) is 41.0 Å². The van der Waals surface area contributed by atoms with Crippen LogP contribution in [0.3, 0.4) is 0 Å². The van der Waals surface area contributed by atoms with Crippen LogP contribution in [0.25, 0.3) is 0 Å². The molecule has 3 N–H and O–H groups in total. The second-order valence-electron chi connectivity index (χ2n) is 5.05. The molecule has 0 amide bonds. The zero-order valence-electron chi connectivity index (χ0n) is 13.6. The minimum atomic E-state index is -0.766. The molecule has 1 aromatic carbocycles. The van der Waals surface area contributed by atoms with Crippen LogP contribution in [0, 0.1) is 11.3 Å². The number of aromatic hydroxyl groups is 1. The quantitative estimate of drug-likeness (QED) is 0.812. The number of carbonyl (C=O) groups is 1. The highest BCUT2D eigenvalue weighted by atomic mass is 16.5. The number of phenols is 1. The van der Waals surface area contributed by atoms with Gasteiger partial charge in [0.05, 0.1) is 25.2 Å². The molecule has 0 fully saturated rings. The van der Waals surface area contributed by atoms with Crippen LogP contribution < -0.4 is 10.5 Å². The normalized spacial score (nSPS) is 17.2. The number of esters is 1. The average Bonchev–Trinajstić information content (AvgIpc) is 2.54. The first-order valence-corrected chi connectivity index (χ1v) is 7.26. The number of benzene rings is 1. The molecule has 0 radical (unpaired) electrons. The van der Waals surface area contributed by atoms with E-state index in [4.69, 9.17) is 19.9 Å². The lowest BCUT2D eigenvalue weighted by atomic mass is 9.83. The maximum atomic E-state index is 12.4. The van der Waals surface area contributed by atoms with Gasteiger partial charge in [0.25, 0.3) is 0 Å². The Kier molecular flexibility index (Phi) is 4.99. The topological polar surface area (TPSA) is 115 Å². The molecule has 0 saturated heterocycles. The third-order valence-electron chi connectivity index (χ3n) is 3.64. The van der Waals surface area contributed by atoms with Crippen molar-refractivity contribution in [2.45, 2.75) is 19.8 Å². The Morgan fingerprint density at radius 3 is 2.79 bits per heavy atom. The van der Waals surface area contributed by atoms with Gasteiger partial charge in [0, 0.05) is 0 Å². The Balaban J connectivity index is 2.64. The van der Waals surface area contributed by atoms with Crippen LogP contribution in [0.4, 0.5) is 0 Å². The fourth-order valence-corrected chi connectivity index (χ4v) is 2.56. The number of ether oxygens (including phenoxy) is 3. The average molecular weight is 330 g/mol. The monoisotopic (exact) mass is 330 g/mol. The molecule has 24 heavy (non-hydrogen) atoms. The molecule has 0 bridgehead atoms. The van der Waals surface area contributed by atoms with E-state index in [1.165, 1.54) is 13.2 Å². The van der Waals surface area contributed by atoms with Crippen molar-refractivity contribution >= 4 is 5.97 Å². The third-order valence-corrected chi connectivity index (χ3v) is 3.64. The number of nitrogens with zero attached hydrogens (tertiary/aromatic N) is 1. The van der Waals surface area contributed by atoms with E-state index >= 15 is 0 Å². The summed E-state index contributed by atoms with van der Waals surface area (Å²) in [7, 11) is 1.41. The summed E-state index contributed by atoms with van der Waals surface area (Å²) in [5, 5.41) is 19.2. The number of methoxy groups -OCH3 is 1. The Labute approximate surface area is 139 Å². The van der Waals surface area contributed by atoms with Gasteiger partial charge in [-0.25, -0.2) is 4.79 Å². The summed E-state index contributed by atoms with van der Waals surface area (Å²) in [4.78, 5) is 12.4. The maximum Gasteiger partial charge on any atom is 0.338 e. The van der Waals surface area contributed by atoms with Crippen molar-refractivity contribution in [1.29, 1.82) is 5.26 Å². The van der Waals surface area contributed by atoms with E-state index in [1.54, 1.807) is 26.0 Å². The van der Waals surface area contributed by atoms with Gasteiger partial charge in [0.2, 0.25) is 5.88 Å². The molecule has 1 heterocycles. The van der Waals surface area contributed by atoms with Gasteiger partial charge in [-0.15, -0.1) is 0 Å². The van der Waals surface area contributed by atoms with E-state index in [2.05, 4.69) is 0 Å². The summed E-state index contributed by atoms with van der Waals surface area (Å²) in [5.41, 5.74) is 6.65. The summed E-state index contributed by atoms with van der Waals surface area (Å²) in [6, 6.07) is 6.54. The lowest BCUT2D eigenvalue weighted by molar-refractivity contribution is -0.139. The van der Waals surface area contributed by atoms with Gasteiger partial charge in [0.15, 0.2) is 11.5 Å². The van der Waals surface area contributed by atoms with Crippen LogP contribution in [0.5, 0.6) is 11.5 Å². The summed E-state index contributed by atoms with van der Waals surface area (Å²) >= 11 is 0. The lowest BCUT2D eigenvalue weighted by Crippen LogP contribution is -2.25. The van der Waals surface area contributed by atoms with Crippen molar-refractivity contribution in [3.8, 4) is 17.6 Å². The summed E-state index contributed by atoms with van der Waals surface area (Å²) < 4.78 is 15.5. The summed E-state index contributed by atoms with van der Waals surface area (Å²) in [6.07, 6.45) is 0. The van der Waals surface area contributed by atoms with Crippen LogP contribution in [-0.4, -0.2) is 24.8 Å². The van der Waals surface area contributed by atoms with E-state index in [-0.39, 0.29) is 40.9 Å². The van der Waals surface area contributed by atoms with Crippen molar-refractivity contribution in [3.05, 3.63) is 46.6 Å². The summed E-state index contributed by atoms with van der Waals surface area (Å²) in [5.74, 6) is -0.996. The Bertz CT molecular complexity index is 774. The Hall–Kier alpha value is -3.14. The van der Waals surface area contributed by atoms with E-state index in [1.807, 2.05) is 6.07 Å². The predicted molar refractivity (Wildman–Crippen MR) is 84.6 cm³/mol. The molecule has 0 unspecified atom stereocenters. The number of nitrogens with two attached hydrogens (primary N) is 1. The van der Waals surface area contributed by atoms with Gasteiger partial charge < -0.3 is 25.1 Å². The smallest absolute Gasteiger partial charge is 0.338 e. The van der Waals surface area contributed by atoms with E-state index in [9.17, 15) is 15.2 Å². The zero-order valence-corrected chi connectivity index (χ0v) is 13.6. The molecule has 1 aliphatic heterocycles. The number of nitriles is 1. The van der Waals surface area contributed by atoms with E-state index in [0.717, 1.165) is 0 Å². The van der Waals surface area contributed by atoms with Crippen LogP contribution in [-0.2, 0) is 14.3 Å². The number of rotatable bonds is 4. The van der Waals surface area contributed by atoms with Gasteiger partial charge in [-0.3, -0.25) is 0 Å². The molecule has 126 valence electrons. The Morgan fingerprint density at radius 1 is 1.50 bits per heavy atom. The molecule has 7 nitrogen and oxygen atoms in total. The van der Waals surface area contributed by atoms with Crippen molar-refractivity contribution in [3.63, 3.8) is 0 Å². The SMILES string of the molecule is CCOC(=O)C1=C(C)OC(N)=C(C#N)[C@@H]1c1ccc(O)c(OC)c1. The van der Waals surface area contributed by atoms with Crippen LogP contribution in [0.2, 0.25) is 0 Å². The van der Waals surface area contributed by atoms with Crippen molar-refractivity contribution in [2.75, 3.05) is 13.7 Å². The second-order valence-corrected chi connectivity index (χ2v) is 5.05. The van der Waals surface area contributed by atoms with Crippen molar-refractivity contribution in [1.82, 2.24) is 0 Å². The van der Waals surface area contributed by atoms with Crippen molar-refractivity contribution in [2.24, 2.45) is 5.73 Å². The fraction of sp³-hybridized carbons (Fsp3) is 0.294. The Morgan fingerprint density at radius 2 is 2.21 bits per heavy atom. The lowest BCUT2D eigenvalue weighted by Gasteiger charge is -2.27. The molecule has 7 heteroatoms. The predicted octanol–water partition coefficient (Wildman–Crippen LogP) is 2.05. The molecule has 0 saturated carbocycles. The maximum absolute atomic E-state index is 12.4. The minimum absolute atomic E-state index is 0.0536. The molecule has 1 aromatic rings. The first kappa shape index (κ1) is 17.2. The van der Waals surface area contributed by atoms with Crippen LogP contribution >= 0.6 is 0 Å². The van der Waals surface area contributed by atoms with Gasteiger partial charge in [-0.05, 0) is 31.5 Å². The number of hydrogen-bond donors (Lipinski definition) is 2. The zero-order chi connectivity index (χ0) is 17.9. The number of phenolic OH excluding ortho intramolecular Hbond substituents is 1. The molecule has 0 aromatic heterocycles. The molecule has 1 atom stereocenters. The van der Waals surface area contributed by atoms with Gasteiger partial charge >= 0.3 is 5.97 Å². The highest BCUT2D eigenvalue weighted by Gasteiger charge is 2.36. The van der Waals surface area contributed by atoms with Crippen molar-refractivity contribution < 1.29 is 24.1 Å². The first-order chi connectivity index (χ1) is 11.4. The van der Waals surface area contributed by atoms with Gasteiger partial charge in [-0.1, -0.05) is 6.07 Å². The molecular weight excluding hydrogens is 312 g/mol. The molecule has 0 aliphatic carbocycles. The molecular formula is C17H18N2O5. The van der Waals surface area contributed by atoms with E-state index < -0.39 is 11.9 Å². The number of carbonyl (C=O) groups excluding carboxylic acids is 1. The molecule has 0 spiro atoms. The summed E-state index contributed by atoms with van der Waals surface area (Å²) in [6.45, 7) is 3.45. The van der Waals surface area contributed by atoms with E-state index in [0.29, 0.717) is 5.56 Å². The number of hydrogen-bond acceptors (Lipinski definition) is 7. The van der Waals surface area contributed by atoms with Gasteiger partial charge in [-0.2, -0.15) is 5.26 Å². The minimum Gasteiger partial charge on any atom is -0.504 e. The second kappa shape index (κ2) is 6.96. The fourth-order valence-electron chi connectivity index (χ4n) is 2.56. The first-order valence-electron chi connectivity index (χ1n) is 7.26. The molecule has 1 aliphatic rings. The van der Waals surface area contributed by atoms with Crippen LogP contribution in [0.1, 0.15) is 25.3 Å². The largest absolute Gasteiger partial charge is 0.504 e. The highest BCUT2D eigenvalue weighted by Crippen LogP contribution is 2.41. The third kappa shape index (κ3) is 2.99. The molecule has 2 rings (SSSR count). The van der Waals surface area contributed by atoms with Gasteiger partial charge in [0.1, 0.15) is 17.4 Å².